The van der Waals surface area contributed by atoms with Crippen molar-refractivity contribution in [2.75, 3.05) is 11.9 Å². The number of fused-ring (bicyclic) bond motifs is 1. The fourth-order valence-corrected chi connectivity index (χ4v) is 2.72. The number of carbonyl (C=O) groups excluding carboxylic acids is 1. The number of ether oxygens (including phenoxy) is 1. The van der Waals surface area contributed by atoms with Crippen LogP contribution in [0.5, 0.6) is 5.75 Å². The molecule has 1 aromatic heterocycles. The van der Waals surface area contributed by atoms with Crippen molar-refractivity contribution in [1.82, 2.24) is 4.98 Å². The lowest BCUT2D eigenvalue weighted by molar-refractivity contribution is -0.118. The zero-order valence-electron chi connectivity index (χ0n) is 12.2. The fourth-order valence-electron chi connectivity index (χ4n) is 2.16. The quantitative estimate of drug-likeness (QED) is 0.674. The van der Waals surface area contributed by atoms with Crippen LogP contribution < -0.4 is 10.1 Å². The van der Waals surface area contributed by atoms with E-state index in [-0.39, 0.29) is 17.5 Å². The smallest absolute Gasteiger partial charge is 0.262 e. The maximum atomic E-state index is 12.1. The molecule has 2 aromatic carbocycles. The van der Waals surface area contributed by atoms with Crippen LogP contribution in [0.2, 0.25) is 15.1 Å². The third kappa shape index (κ3) is 3.56. The van der Waals surface area contributed by atoms with Crippen LogP contribution in [-0.2, 0) is 4.79 Å². The SMILES string of the molecule is O=C(COc1ccc(Cl)c2cccnc12)Nc1cccc(Cl)c1Cl. The summed E-state index contributed by atoms with van der Waals surface area (Å²) in [5.74, 6) is 0.112. The van der Waals surface area contributed by atoms with Gasteiger partial charge in [0, 0.05) is 11.6 Å². The lowest BCUT2D eigenvalue weighted by Crippen LogP contribution is -2.20. The number of nitrogens with one attached hydrogen (secondary N) is 1. The Hall–Kier alpha value is -2.01. The van der Waals surface area contributed by atoms with Gasteiger partial charge in [-0.1, -0.05) is 40.9 Å². The summed E-state index contributed by atoms with van der Waals surface area (Å²) in [5.41, 5.74) is 1.02. The van der Waals surface area contributed by atoms with Gasteiger partial charge in [-0.3, -0.25) is 9.78 Å². The number of hydrogen-bond donors (Lipinski definition) is 1. The highest BCUT2D eigenvalue weighted by molar-refractivity contribution is 6.44. The predicted octanol–water partition coefficient (Wildman–Crippen LogP) is 5.21. The molecule has 3 aromatic rings. The molecular formula is C17H11Cl3N2O2. The van der Waals surface area contributed by atoms with E-state index in [4.69, 9.17) is 39.5 Å². The van der Waals surface area contributed by atoms with E-state index in [1.165, 1.54) is 0 Å². The molecule has 0 radical (unpaired) electrons. The van der Waals surface area contributed by atoms with Crippen molar-refractivity contribution in [3.63, 3.8) is 0 Å². The monoisotopic (exact) mass is 380 g/mol. The Balaban J connectivity index is 1.73. The summed E-state index contributed by atoms with van der Waals surface area (Å²) < 4.78 is 5.57. The molecule has 0 aliphatic heterocycles. The average Bonchev–Trinajstić information content (AvgIpc) is 2.59. The van der Waals surface area contributed by atoms with Gasteiger partial charge in [-0.05, 0) is 36.4 Å². The van der Waals surface area contributed by atoms with Gasteiger partial charge in [0.15, 0.2) is 6.61 Å². The van der Waals surface area contributed by atoms with Crippen LogP contribution in [0.3, 0.4) is 0 Å². The highest BCUT2D eigenvalue weighted by atomic mass is 35.5. The second-order valence-corrected chi connectivity index (χ2v) is 6.08. The number of carbonyl (C=O) groups is 1. The molecule has 0 spiro atoms. The molecule has 0 atom stereocenters. The van der Waals surface area contributed by atoms with Gasteiger partial charge in [0.05, 0.1) is 20.8 Å². The molecular weight excluding hydrogens is 371 g/mol. The first-order valence-corrected chi connectivity index (χ1v) is 8.09. The highest BCUT2D eigenvalue weighted by Crippen LogP contribution is 2.31. The number of amides is 1. The minimum absolute atomic E-state index is 0.198. The molecule has 1 heterocycles. The van der Waals surface area contributed by atoms with E-state index in [1.807, 2.05) is 6.07 Å². The Kier molecular flexibility index (Phi) is 5.09. The van der Waals surface area contributed by atoms with Gasteiger partial charge in [-0.25, -0.2) is 0 Å². The van der Waals surface area contributed by atoms with Crippen LogP contribution >= 0.6 is 34.8 Å². The van der Waals surface area contributed by atoms with E-state index in [1.54, 1.807) is 42.6 Å². The molecule has 0 bridgehead atoms. The lowest BCUT2D eigenvalue weighted by Gasteiger charge is -2.11. The third-order valence-electron chi connectivity index (χ3n) is 3.26. The third-order valence-corrected chi connectivity index (χ3v) is 4.41. The number of halogens is 3. The number of pyridine rings is 1. The first-order chi connectivity index (χ1) is 11.6. The predicted molar refractivity (Wildman–Crippen MR) is 97.3 cm³/mol. The van der Waals surface area contributed by atoms with E-state index in [0.29, 0.717) is 27.0 Å². The van der Waals surface area contributed by atoms with Gasteiger partial charge in [0.1, 0.15) is 11.3 Å². The van der Waals surface area contributed by atoms with Crippen molar-refractivity contribution in [3.8, 4) is 5.75 Å². The van der Waals surface area contributed by atoms with Crippen LogP contribution in [0.1, 0.15) is 0 Å². The van der Waals surface area contributed by atoms with Gasteiger partial charge < -0.3 is 10.1 Å². The molecule has 7 heteroatoms. The molecule has 0 saturated carbocycles. The van der Waals surface area contributed by atoms with Gasteiger partial charge in [0.25, 0.3) is 5.91 Å². The number of aromatic nitrogens is 1. The van der Waals surface area contributed by atoms with Gasteiger partial charge >= 0.3 is 0 Å². The molecule has 122 valence electrons. The van der Waals surface area contributed by atoms with E-state index >= 15 is 0 Å². The summed E-state index contributed by atoms with van der Waals surface area (Å²) in [6.45, 7) is -0.198. The van der Waals surface area contributed by atoms with Gasteiger partial charge in [0.2, 0.25) is 0 Å². The van der Waals surface area contributed by atoms with Crippen molar-refractivity contribution in [2.45, 2.75) is 0 Å². The first kappa shape index (κ1) is 16.8. The largest absolute Gasteiger partial charge is 0.481 e. The molecule has 1 amide bonds. The molecule has 0 aliphatic rings. The molecule has 24 heavy (non-hydrogen) atoms. The van der Waals surface area contributed by atoms with Crippen LogP contribution in [0, 0.1) is 0 Å². The maximum Gasteiger partial charge on any atom is 0.262 e. The number of benzene rings is 2. The average molecular weight is 382 g/mol. The number of rotatable bonds is 4. The first-order valence-electron chi connectivity index (χ1n) is 6.96. The summed E-state index contributed by atoms with van der Waals surface area (Å²) in [7, 11) is 0. The zero-order valence-corrected chi connectivity index (χ0v) is 14.5. The number of anilines is 1. The lowest BCUT2D eigenvalue weighted by atomic mass is 10.2. The summed E-state index contributed by atoms with van der Waals surface area (Å²) in [5, 5.41) is 4.63. The van der Waals surface area contributed by atoms with Crippen molar-refractivity contribution in [3.05, 3.63) is 63.7 Å². The van der Waals surface area contributed by atoms with E-state index in [9.17, 15) is 4.79 Å². The molecule has 0 aliphatic carbocycles. The molecule has 0 fully saturated rings. The molecule has 1 N–H and O–H groups in total. The van der Waals surface area contributed by atoms with Crippen LogP contribution in [0.25, 0.3) is 10.9 Å². The summed E-state index contributed by atoms with van der Waals surface area (Å²) >= 11 is 18.1. The molecule has 3 rings (SSSR count). The zero-order chi connectivity index (χ0) is 17.1. The highest BCUT2D eigenvalue weighted by Gasteiger charge is 2.11. The van der Waals surface area contributed by atoms with Crippen molar-refractivity contribution in [1.29, 1.82) is 0 Å². The van der Waals surface area contributed by atoms with Crippen LogP contribution in [0.15, 0.2) is 48.7 Å². The second kappa shape index (κ2) is 7.26. The summed E-state index contributed by atoms with van der Waals surface area (Å²) in [6.07, 6.45) is 1.64. The Morgan fingerprint density at radius 1 is 1.04 bits per heavy atom. The van der Waals surface area contributed by atoms with Crippen molar-refractivity contribution < 1.29 is 9.53 Å². The normalized spacial score (nSPS) is 10.6. The Labute approximate surface area is 153 Å². The van der Waals surface area contributed by atoms with Gasteiger partial charge in [-0.15, -0.1) is 0 Å². The summed E-state index contributed by atoms with van der Waals surface area (Å²) in [6, 6.07) is 12.0. The number of hydrogen-bond acceptors (Lipinski definition) is 3. The molecule has 4 nitrogen and oxygen atoms in total. The Morgan fingerprint density at radius 2 is 1.88 bits per heavy atom. The standard InChI is InChI=1S/C17H11Cl3N2O2/c18-11-6-7-14(17-10(11)3-2-8-21-17)24-9-15(23)22-13-5-1-4-12(19)16(13)20/h1-8H,9H2,(H,22,23). The topological polar surface area (TPSA) is 51.2 Å². The fraction of sp³-hybridized carbons (Fsp3) is 0.0588. The second-order valence-electron chi connectivity index (χ2n) is 4.88. The minimum atomic E-state index is -0.363. The Bertz CT molecular complexity index is 915. The minimum Gasteiger partial charge on any atom is -0.481 e. The van der Waals surface area contributed by atoms with E-state index in [0.717, 1.165) is 5.39 Å². The number of nitrogens with zero attached hydrogens (tertiary/aromatic N) is 1. The van der Waals surface area contributed by atoms with Crippen LogP contribution in [-0.4, -0.2) is 17.5 Å². The van der Waals surface area contributed by atoms with E-state index < -0.39 is 0 Å². The van der Waals surface area contributed by atoms with Crippen molar-refractivity contribution in [2.24, 2.45) is 0 Å². The summed E-state index contributed by atoms with van der Waals surface area (Å²) in [4.78, 5) is 16.3. The van der Waals surface area contributed by atoms with Crippen molar-refractivity contribution >= 4 is 57.3 Å². The molecule has 0 unspecified atom stereocenters. The van der Waals surface area contributed by atoms with E-state index in [2.05, 4.69) is 10.3 Å². The van der Waals surface area contributed by atoms with Gasteiger partial charge in [-0.2, -0.15) is 0 Å². The maximum absolute atomic E-state index is 12.1. The van der Waals surface area contributed by atoms with Crippen LogP contribution in [0.4, 0.5) is 5.69 Å². The molecule has 0 saturated heterocycles. The Morgan fingerprint density at radius 3 is 2.71 bits per heavy atom.